The summed E-state index contributed by atoms with van der Waals surface area (Å²) in [5.41, 5.74) is 7.39. The van der Waals surface area contributed by atoms with Gasteiger partial charge >= 0.3 is 0 Å². The van der Waals surface area contributed by atoms with Gasteiger partial charge in [0.2, 0.25) is 0 Å². The van der Waals surface area contributed by atoms with E-state index in [-0.39, 0.29) is 0 Å². The first kappa shape index (κ1) is 6.84. The number of halogens is 1. The smallest absolute Gasteiger partial charge is 0.152 e. The average molecular weight is 260 g/mol. The summed E-state index contributed by atoms with van der Waals surface area (Å²) in [6.07, 6.45) is 3.37. The monoisotopic (exact) mass is 260 g/mol. The number of nitrogens with zero attached hydrogens (tertiary/aromatic N) is 3. The molecule has 0 radical (unpaired) electrons. The fraction of sp³-hybridized carbons (Fsp3) is 0. The van der Waals surface area contributed by atoms with Crippen molar-refractivity contribution in [2.75, 3.05) is 5.73 Å². The lowest BCUT2D eigenvalue weighted by atomic mass is 10.4. The summed E-state index contributed by atoms with van der Waals surface area (Å²) in [5, 5.41) is 0. The third-order valence-corrected chi connectivity index (χ3v) is 2.26. The van der Waals surface area contributed by atoms with E-state index < -0.39 is 0 Å². The molecule has 0 spiro atoms. The number of aromatic nitrogens is 3. The van der Waals surface area contributed by atoms with Gasteiger partial charge in [-0.05, 0) is 6.07 Å². The molecular weight excluding hydrogens is 255 g/mol. The van der Waals surface area contributed by atoms with Crippen molar-refractivity contribution in [1.82, 2.24) is 12.7 Å². The second-order valence-electron chi connectivity index (χ2n) is 2.12. The Morgan fingerprint density at radius 3 is 3.00 bits per heavy atom. The van der Waals surface area contributed by atoms with Crippen molar-refractivity contribution in [3.63, 3.8) is 0 Å². The number of fused-ring (bicyclic) bond motifs is 1. The summed E-state index contributed by atoms with van der Waals surface area (Å²) in [6, 6.07) is 1.90. The zero-order valence-electron chi connectivity index (χ0n) is 5.53. The molecule has 0 aliphatic rings. The molecule has 0 aliphatic heterocycles. The van der Waals surface area contributed by atoms with Gasteiger partial charge in [-0.1, -0.05) is 0 Å². The van der Waals surface area contributed by atoms with Gasteiger partial charge in [-0.25, -0.2) is 9.97 Å². The first-order valence-electron chi connectivity index (χ1n) is 3.03. The van der Waals surface area contributed by atoms with Crippen LogP contribution in [-0.4, -0.2) is 12.7 Å². The number of nitrogens with two attached hydrogens (primary N) is 1. The Balaban J connectivity index is 2.96. The van der Waals surface area contributed by atoms with E-state index in [1.54, 1.807) is 0 Å². The maximum Gasteiger partial charge on any atom is 0.152 e. The van der Waals surface area contributed by atoms with Gasteiger partial charge in [0.15, 0.2) is 5.82 Å². The Morgan fingerprint density at radius 1 is 1.45 bits per heavy atom. The Bertz CT molecular complexity index is 394. The predicted molar refractivity (Wildman–Crippen MR) is 51.4 cm³/mol. The van der Waals surface area contributed by atoms with E-state index in [0.717, 1.165) is 11.0 Å². The molecule has 0 fully saturated rings. The molecule has 0 unspecified atom stereocenters. The molecule has 0 atom stereocenters. The Kier molecular flexibility index (Phi) is 1.45. The number of nitrogen functional groups attached to an aromatic ring is 1. The van der Waals surface area contributed by atoms with Crippen molar-refractivity contribution in [2.24, 2.45) is 0 Å². The van der Waals surface area contributed by atoms with E-state index in [0.29, 0.717) is 5.82 Å². The third-order valence-electron chi connectivity index (χ3n) is 1.46. The molecule has 2 rings (SSSR count). The largest absolute Gasteiger partial charge is 0.382 e. The molecule has 0 bridgehead atoms. The van der Waals surface area contributed by atoms with Crippen LogP contribution in [0.3, 0.4) is 0 Å². The van der Waals surface area contributed by atoms with Crippen LogP contribution in [0.1, 0.15) is 0 Å². The van der Waals surface area contributed by atoms with Crippen LogP contribution in [0.25, 0.3) is 11.0 Å². The molecule has 4 nitrogen and oxygen atoms in total. The number of hydrogen-bond acceptors (Lipinski definition) is 3. The van der Waals surface area contributed by atoms with Gasteiger partial charge < -0.3 is 5.73 Å². The van der Waals surface area contributed by atoms with Gasteiger partial charge in [-0.2, -0.15) is 0 Å². The highest BCUT2D eigenvalue weighted by molar-refractivity contribution is 14.1. The van der Waals surface area contributed by atoms with Crippen LogP contribution < -0.4 is 5.73 Å². The van der Waals surface area contributed by atoms with E-state index in [4.69, 9.17) is 5.73 Å². The van der Waals surface area contributed by atoms with Crippen LogP contribution in [0.5, 0.6) is 0 Å². The topological polar surface area (TPSA) is 56.7 Å². The van der Waals surface area contributed by atoms with Crippen LogP contribution in [0.4, 0.5) is 5.82 Å². The standard InChI is InChI=1S/C6H5IN4/c7-11-2-1-4-5(11)6(8)10-3-9-4/h1-3H,(H2,8,9,10). The lowest BCUT2D eigenvalue weighted by Gasteiger charge is -1.95. The van der Waals surface area contributed by atoms with Crippen molar-refractivity contribution in [3.05, 3.63) is 18.6 Å². The normalized spacial score (nSPS) is 10.6. The summed E-state index contributed by atoms with van der Waals surface area (Å²) in [7, 11) is 0. The molecule has 2 heterocycles. The fourth-order valence-corrected chi connectivity index (χ4v) is 1.61. The molecule has 0 saturated carbocycles. The quantitative estimate of drug-likeness (QED) is 0.724. The van der Waals surface area contributed by atoms with Crippen molar-refractivity contribution in [2.45, 2.75) is 0 Å². The van der Waals surface area contributed by atoms with E-state index >= 15 is 0 Å². The van der Waals surface area contributed by atoms with E-state index in [1.807, 2.05) is 15.0 Å². The Hall–Kier alpha value is -0.850. The molecular formula is C6H5IN4. The maximum atomic E-state index is 5.62. The molecule has 2 aromatic heterocycles. The molecule has 0 saturated heterocycles. The second kappa shape index (κ2) is 2.33. The first-order valence-corrected chi connectivity index (χ1v) is 3.99. The fourth-order valence-electron chi connectivity index (χ4n) is 0.958. The molecule has 56 valence electrons. The molecule has 2 aromatic rings. The van der Waals surface area contributed by atoms with Gasteiger partial charge in [0, 0.05) is 6.20 Å². The minimum Gasteiger partial charge on any atom is -0.382 e. The average Bonchev–Trinajstić information content (AvgIpc) is 2.34. The zero-order chi connectivity index (χ0) is 7.84. The summed E-state index contributed by atoms with van der Waals surface area (Å²) >= 11 is 2.14. The third kappa shape index (κ3) is 0.953. The highest BCUT2D eigenvalue weighted by Crippen LogP contribution is 2.19. The van der Waals surface area contributed by atoms with Crippen molar-refractivity contribution >= 4 is 39.7 Å². The van der Waals surface area contributed by atoms with E-state index in [9.17, 15) is 0 Å². The number of anilines is 1. The molecule has 0 amide bonds. The summed E-state index contributed by atoms with van der Waals surface area (Å²) < 4.78 is 1.88. The maximum absolute atomic E-state index is 5.62. The second-order valence-corrected chi connectivity index (χ2v) is 3.16. The Labute approximate surface area is 76.9 Å². The highest BCUT2D eigenvalue weighted by atomic mass is 127. The van der Waals surface area contributed by atoms with Gasteiger partial charge in [0.05, 0.1) is 28.4 Å². The SMILES string of the molecule is Nc1ncnc2ccn(I)c12. The highest BCUT2D eigenvalue weighted by Gasteiger charge is 2.02. The van der Waals surface area contributed by atoms with Crippen LogP contribution in [0.2, 0.25) is 0 Å². The van der Waals surface area contributed by atoms with Crippen LogP contribution in [0.15, 0.2) is 18.6 Å². The number of rotatable bonds is 0. The summed E-state index contributed by atoms with van der Waals surface area (Å²) in [6.45, 7) is 0. The van der Waals surface area contributed by atoms with Gasteiger partial charge in [-0.3, -0.25) is 2.78 Å². The zero-order valence-corrected chi connectivity index (χ0v) is 7.69. The van der Waals surface area contributed by atoms with Crippen LogP contribution in [-0.2, 0) is 0 Å². The molecule has 11 heavy (non-hydrogen) atoms. The number of hydrogen-bond donors (Lipinski definition) is 1. The Morgan fingerprint density at radius 2 is 2.27 bits per heavy atom. The first-order chi connectivity index (χ1) is 5.29. The predicted octanol–water partition coefficient (Wildman–Crippen LogP) is 1.21. The summed E-state index contributed by atoms with van der Waals surface area (Å²) in [5.74, 6) is 0.523. The minimum absolute atomic E-state index is 0.523. The lowest BCUT2D eigenvalue weighted by Crippen LogP contribution is -1.93. The van der Waals surface area contributed by atoms with Crippen LogP contribution >= 0.6 is 22.9 Å². The lowest BCUT2D eigenvalue weighted by molar-refractivity contribution is 1.22. The summed E-state index contributed by atoms with van der Waals surface area (Å²) in [4.78, 5) is 7.93. The molecule has 0 aromatic carbocycles. The minimum atomic E-state index is 0.523. The molecule has 2 N–H and O–H groups in total. The van der Waals surface area contributed by atoms with Crippen molar-refractivity contribution < 1.29 is 0 Å². The van der Waals surface area contributed by atoms with Crippen LogP contribution in [0, 0.1) is 0 Å². The van der Waals surface area contributed by atoms with Gasteiger partial charge in [0.25, 0.3) is 0 Å². The van der Waals surface area contributed by atoms with E-state index in [1.165, 1.54) is 6.33 Å². The van der Waals surface area contributed by atoms with Gasteiger partial charge in [0.1, 0.15) is 11.8 Å². The molecule has 5 heteroatoms. The molecule has 0 aliphatic carbocycles. The van der Waals surface area contributed by atoms with Crippen molar-refractivity contribution in [1.29, 1.82) is 0 Å². The van der Waals surface area contributed by atoms with Gasteiger partial charge in [-0.15, -0.1) is 0 Å². The van der Waals surface area contributed by atoms with Crippen molar-refractivity contribution in [3.8, 4) is 0 Å². The van der Waals surface area contributed by atoms with E-state index in [2.05, 4.69) is 32.8 Å².